The molecule has 0 atom stereocenters. The van der Waals surface area contributed by atoms with Crippen molar-refractivity contribution in [2.24, 2.45) is 0 Å². The quantitative estimate of drug-likeness (QED) is 0.468. The largest absolute Gasteiger partial charge is 0.506 e. The monoisotopic (exact) mass is 265 g/mol. The summed E-state index contributed by atoms with van der Waals surface area (Å²) in [6.45, 7) is 3.00. The number of phenols is 1. The second kappa shape index (κ2) is 8.40. The minimum Gasteiger partial charge on any atom is -0.506 e. The highest BCUT2D eigenvalue weighted by molar-refractivity contribution is 5.89. The number of benzene rings is 1. The molecule has 0 saturated carbocycles. The van der Waals surface area contributed by atoms with E-state index in [-0.39, 0.29) is 11.3 Å². The predicted octanol–water partition coefficient (Wildman–Crippen LogP) is 3.86. The molecule has 1 aromatic carbocycles. The Balaban J connectivity index is 2.28. The SMILES string of the molecule is CCCCCCCCNc1ccc(C(=O)O)cc1O. The molecule has 0 aromatic heterocycles. The van der Waals surface area contributed by atoms with Crippen LogP contribution in [0.2, 0.25) is 0 Å². The maximum atomic E-state index is 10.7. The molecule has 0 spiro atoms. The van der Waals surface area contributed by atoms with Crippen LogP contribution in [0.15, 0.2) is 18.2 Å². The normalized spacial score (nSPS) is 10.4. The molecule has 0 unspecified atom stereocenters. The third-order valence-electron chi connectivity index (χ3n) is 3.09. The topological polar surface area (TPSA) is 69.6 Å². The molecule has 0 bridgehead atoms. The van der Waals surface area contributed by atoms with E-state index >= 15 is 0 Å². The van der Waals surface area contributed by atoms with Crippen LogP contribution in [0.25, 0.3) is 0 Å². The number of carbonyl (C=O) groups is 1. The van der Waals surface area contributed by atoms with Gasteiger partial charge in [0.15, 0.2) is 0 Å². The summed E-state index contributed by atoms with van der Waals surface area (Å²) >= 11 is 0. The van der Waals surface area contributed by atoms with Gasteiger partial charge in [0.25, 0.3) is 0 Å². The lowest BCUT2D eigenvalue weighted by Crippen LogP contribution is -2.03. The maximum Gasteiger partial charge on any atom is 0.335 e. The molecular formula is C15H23NO3. The van der Waals surface area contributed by atoms with Crippen LogP contribution in [-0.2, 0) is 0 Å². The predicted molar refractivity (Wildman–Crippen MR) is 76.9 cm³/mol. The average molecular weight is 265 g/mol. The Bertz CT molecular complexity index is 404. The van der Waals surface area contributed by atoms with Crippen molar-refractivity contribution < 1.29 is 15.0 Å². The second-order valence-corrected chi connectivity index (χ2v) is 4.73. The Morgan fingerprint density at radius 3 is 2.47 bits per heavy atom. The van der Waals surface area contributed by atoms with Gasteiger partial charge >= 0.3 is 5.97 Å². The number of phenolic OH excluding ortho intramolecular Hbond substituents is 1. The van der Waals surface area contributed by atoms with Crippen LogP contribution in [-0.4, -0.2) is 22.7 Å². The summed E-state index contributed by atoms with van der Waals surface area (Å²) in [6, 6.07) is 4.37. The molecule has 0 amide bonds. The third-order valence-corrected chi connectivity index (χ3v) is 3.09. The van der Waals surface area contributed by atoms with Gasteiger partial charge < -0.3 is 15.5 Å². The van der Waals surface area contributed by atoms with Crippen LogP contribution in [0.4, 0.5) is 5.69 Å². The Kier molecular flexibility index (Phi) is 6.79. The minimum absolute atomic E-state index is 0.00844. The molecule has 3 N–H and O–H groups in total. The summed E-state index contributed by atoms with van der Waals surface area (Å²) in [5, 5.41) is 21.6. The van der Waals surface area contributed by atoms with Crippen LogP contribution in [0.5, 0.6) is 5.75 Å². The first-order chi connectivity index (χ1) is 9.15. The highest BCUT2D eigenvalue weighted by Crippen LogP contribution is 2.24. The summed E-state index contributed by atoms with van der Waals surface area (Å²) in [4.78, 5) is 10.7. The van der Waals surface area contributed by atoms with E-state index in [4.69, 9.17) is 5.11 Å². The number of nitrogens with one attached hydrogen (secondary N) is 1. The smallest absolute Gasteiger partial charge is 0.335 e. The molecule has 0 radical (unpaired) electrons. The Morgan fingerprint density at radius 1 is 1.16 bits per heavy atom. The Morgan fingerprint density at radius 2 is 1.84 bits per heavy atom. The number of aromatic hydroxyl groups is 1. The van der Waals surface area contributed by atoms with Gasteiger partial charge in [0.1, 0.15) is 5.75 Å². The fraction of sp³-hybridized carbons (Fsp3) is 0.533. The first-order valence-corrected chi connectivity index (χ1v) is 6.95. The van der Waals surface area contributed by atoms with E-state index in [9.17, 15) is 9.90 Å². The van der Waals surface area contributed by atoms with Crippen LogP contribution in [0.3, 0.4) is 0 Å². The molecule has 1 aromatic rings. The van der Waals surface area contributed by atoms with E-state index in [2.05, 4.69) is 12.2 Å². The lowest BCUT2D eigenvalue weighted by atomic mass is 10.1. The lowest BCUT2D eigenvalue weighted by Gasteiger charge is -2.09. The summed E-state index contributed by atoms with van der Waals surface area (Å²) in [5.74, 6) is -1.04. The van der Waals surface area contributed by atoms with Gasteiger partial charge in [0.2, 0.25) is 0 Å². The molecule has 4 heteroatoms. The van der Waals surface area contributed by atoms with Crippen molar-refractivity contribution in [3.05, 3.63) is 23.8 Å². The summed E-state index contributed by atoms with van der Waals surface area (Å²) in [5.41, 5.74) is 0.696. The zero-order valence-electron chi connectivity index (χ0n) is 11.5. The Labute approximate surface area is 114 Å². The molecular weight excluding hydrogens is 242 g/mol. The Hall–Kier alpha value is -1.71. The molecule has 0 heterocycles. The van der Waals surface area contributed by atoms with Crippen molar-refractivity contribution in [2.75, 3.05) is 11.9 Å². The zero-order chi connectivity index (χ0) is 14.1. The standard InChI is InChI=1S/C15H23NO3/c1-2-3-4-5-6-7-10-16-13-9-8-12(15(18)19)11-14(13)17/h8-9,11,16-17H,2-7,10H2,1H3,(H,18,19). The van der Waals surface area contributed by atoms with Gasteiger partial charge in [-0.1, -0.05) is 39.0 Å². The van der Waals surface area contributed by atoms with E-state index < -0.39 is 5.97 Å². The molecule has 106 valence electrons. The number of aromatic carboxylic acids is 1. The summed E-state index contributed by atoms with van der Waals surface area (Å²) in [7, 11) is 0. The average Bonchev–Trinajstić information content (AvgIpc) is 2.39. The number of hydrogen-bond acceptors (Lipinski definition) is 3. The summed E-state index contributed by atoms with van der Waals surface area (Å²) < 4.78 is 0. The van der Waals surface area contributed by atoms with Crippen molar-refractivity contribution >= 4 is 11.7 Å². The van der Waals surface area contributed by atoms with Crippen LogP contribution in [0, 0.1) is 0 Å². The highest BCUT2D eigenvalue weighted by Gasteiger charge is 2.06. The first-order valence-electron chi connectivity index (χ1n) is 6.95. The molecule has 0 aliphatic carbocycles. The zero-order valence-corrected chi connectivity index (χ0v) is 11.5. The number of carboxylic acid groups (broad SMARTS) is 1. The van der Waals surface area contributed by atoms with E-state index in [1.54, 1.807) is 6.07 Å². The number of rotatable bonds is 9. The van der Waals surface area contributed by atoms with Crippen molar-refractivity contribution in [2.45, 2.75) is 45.4 Å². The van der Waals surface area contributed by atoms with Crippen molar-refractivity contribution in [1.29, 1.82) is 0 Å². The van der Waals surface area contributed by atoms with Crippen LogP contribution < -0.4 is 5.32 Å². The van der Waals surface area contributed by atoms with E-state index in [0.717, 1.165) is 13.0 Å². The lowest BCUT2D eigenvalue weighted by molar-refractivity contribution is 0.0696. The third kappa shape index (κ3) is 5.64. The number of unbranched alkanes of at least 4 members (excludes halogenated alkanes) is 5. The van der Waals surface area contributed by atoms with E-state index in [1.807, 2.05) is 0 Å². The molecule has 19 heavy (non-hydrogen) atoms. The van der Waals surface area contributed by atoms with Gasteiger partial charge in [0.05, 0.1) is 11.3 Å². The summed E-state index contributed by atoms with van der Waals surface area (Å²) in [6.07, 6.45) is 7.33. The number of anilines is 1. The highest BCUT2D eigenvalue weighted by atomic mass is 16.4. The second-order valence-electron chi connectivity index (χ2n) is 4.73. The van der Waals surface area contributed by atoms with E-state index in [0.29, 0.717) is 5.69 Å². The fourth-order valence-corrected chi connectivity index (χ4v) is 1.94. The molecule has 0 fully saturated rings. The van der Waals surface area contributed by atoms with E-state index in [1.165, 1.54) is 44.2 Å². The maximum absolute atomic E-state index is 10.7. The number of hydrogen-bond donors (Lipinski definition) is 3. The molecule has 0 aliphatic heterocycles. The minimum atomic E-state index is -1.03. The van der Waals surface area contributed by atoms with Gasteiger partial charge in [-0.3, -0.25) is 0 Å². The van der Waals surface area contributed by atoms with Gasteiger partial charge in [-0.05, 0) is 24.6 Å². The van der Waals surface area contributed by atoms with Crippen LogP contribution in [0.1, 0.15) is 55.8 Å². The van der Waals surface area contributed by atoms with Gasteiger partial charge in [-0.25, -0.2) is 4.79 Å². The van der Waals surface area contributed by atoms with Gasteiger partial charge in [-0.15, -0.1) is 0 Å². The van der Waals surface area contributed by atoms with Crippen molar-refractivity contribution in [1.82, 2.24) is 0 Å². The van der Waals surface area contributed by atoms with Crippen molar-refractivity contribution in [3.8, 4) is 5.75 Å². The molecule has 1 rings (SSSR count). The van der Waals surface area contributed by atoms with Crippen LogP contribution >= 0.6 is 0 Å². The first kappa shape index (κ1) is 15.3. The molecule has 0 saturated heterocycles. The van der Waals surface area contributed by atoms with Gasteiger partial charge in [0, 0.05) is 6.54 Å². The fourth-order valence-electron chi connectivity index (χ4n) is 1.94. The molecule has 0 aliphatic rings. The number of carboxylic acids is 1. The van der Waals surface area contributed by atoms with Gasteiger partial charge in [-0.2, -0.15) is 0 Å². The molecule has 4 nitrogen and oxygen atoms in total. The van der Waals surface area contributed by atoms with Crippen molar-refractivity contribution in [3.63, 3.8) is 0 Å².